The second-order valence-electron chi connectivity index (χ2n) is 16.8. The summed E-state index contributed by atoms with van der Waals surface area (Å²) in [5.41, 5.74) is 0. The molecule has 0 spiro atoms. The van der Waals surface area contributed by atoms with Crippen molar-refractivity contribution in [2.45, 2.75) is 225 Å². The minimum atomic E-state index is -4.61. The Morgan fingerprint density at radius 1 is 0.500 bits per heavy atom. The second kappa shape index (κ2) is 37.6. The van der Waals surface area contributed by atoms with Gasteiger partial charge in [0, 0.05) is 12.8 Å². The van der Waals surface area contributed by atoms with Crippen molar-refractivity contribution in [2.24, 2.45) is 0 Å². The van der Waals surface area contributed by atoms with Gasteiger partial charge in [0.1, 0.15) is 19.8 Å². The molecule has 0 saturated heterocycles. The molecule has 9 nitrogen and oxygen atoms in total. The minimum absolute atomic E-state index is 0.0259. The maximum absolute atomic E-state index is 12.7. The first-order chi connectivity index (χ1) is 26.0. The van der Waals surface area contributed by atoms with Crippen LogP contribution in [0.1, 0.15) is 219 Å². The van der Waals surface area contributed by atoms with Gasteiger partial charge in [-0.25, -0.2) is 0 Å². The van der Waals surface area contributed by atoms with Gasteiger partial charge in [-0.1, -0.05) is 194 Å². The van der Waals surface area contributed by atoms with Crippen LogP contribution in [0.3, 0.4) is 0 Å². The number of carbonyl (C=O) groups is 2. The van der Waals surface area contributed by atoms with E-state index in [2.05, 4.69) is 13.8 Å². The molecule has 0 aromatic rings. The molecule has 0 rings (SSSR count). The van der Waals surface area contributed by atoms with E-state index in [9.17, 15) is 19.0 Å². The highest BCUT2D eigenvalue weighted by Crippen LogP contribution is 2.38. The molecule has 54 heavy (non-hydrogen) atoms. The molecule has 0 radical (unpaired) electrons. The number of esters is 2. The van der Waals surface area contributed by atoms with Crippen LogP contribution in [0, 0.1) is 0 Å². The molecule has 0 aliphatic rings. The minimum Gasteiger partial charge on any atom is -0.756 e. The molecule has 0 bridgehead atoms. The molecule has 2 atom stereocenters. The van der Waals surface area contributed by atoms with Crippen molar-refractivity contribution in [3.63, 3.8) is 0 Å². The van der Waals surface area contributed by atoms with E-state index in [0.29, 0.717) is 17.4 Å². The fourth-order valence-electron chi connectivity index (χ4n) is 6.54. The average Bonchev–Trinajstić information content (AvgIpc) is 3.12. The van der Waals surface area contributed by atoms with Crippen molar-refractivity contribution in [3.05, 3.63) is 0 Å². The molecule has 0 aliphatic carbocycles. The molecule has 0 aliphatic heterocycles. The molecular weight excluding hydrogens is 701 g/mol. The van der Waals surface area contributed by atoms with Gasteiger partial charge >= 0.3 is 11.9 Å². The summed E-state index contributed by atoms with van der Waals surface area (Å²) >= 11 is 0. The average molecular weight is 790 g/mol. The number of phosphoric ester groups is 1. The van der Waals surface area contributed by atoms with Crippen molar-refractivity contribution >= 4 is 19.8 Å². The first kappa shape index (κ1) is 53.0. The van der Waals surface area contributed by atoms with Crippen molar-refractivity contribution in [1.29, 1.82) is 0 Å². The molecule has 0 fully saturated rings. The molecule has 0 N–H and O–H groups in total. The van der Waals surface area contributed by atoms with Crippen LogP contribution in [-0.4, -0.2) is 70.0 Å². The van der Waals surface area contributed by atoms with Crippen molar-refractivity contribution in [2.75, 3.05) is 47.5 Å². The maximum atomic E-state index is 12.7. The molecule has 0 aromatic heterocycles. The lowest BCUT2D eigenvalue weighted by atomic mass is 10.0. The Kier molecular flexibility index (Phi) is 36.9. The van der Waals surface area contributed by atoms with Gasteiger partial charge in [0.2, 0.25) is 0 Å². The Morgan fingerprint density at radius 2 is 0.833 bits per heavy atom. The van der Waals surface area contributed by atoms with Gasteiger partial charge in [-0.15, -0.1) is 0 Å². The number of quaternary nitrogens is 1. The van der Waals surface area contributed by atoms with Crippen molar-refractivity contribution < 1.29 is 42.1 Å². The third-order valence-corrected chi connectivity index (χ3v) is 11.1. The zero-order valence-electron chi connectivity index (χ0n) is 36.2. The molecule has 0 aromatic carbocycles. The van der Waals surface area contributed by atoms with Crippen LogP contribution in [0.5, 0.6) is 0 Å². The quantitative estimate of drug-likeness (QED) is 0.0260. The number of phosphoric acid groups is 1. The van der Waals surface area contributed by atoms with E-state index in [1.54, 1.807) is 0 Å². The second-order valence-corrected chi connectivity index (χ2v) is 18.2. The highest BCUT2D eigenvalue weighted by molar-refractivity contribution is 7.45. The number of likely N-dealkylation sites (N-methyl/N-ethyl adjacent to an activating group) is 1. The number of unbranched alkanes of at least 4 members (excludes halogenated alkanes) is 28. The van der Waals surface area contributed by atoms with E-state index < -0.39 is 26.5 Å². The third kappa shape index (κ3) is 40.7. The van der Waals surface area contributed by atoms with Crippen molar-refractivity contribution in [3.8, 4) is 0 Å². The summed E-state index contributed by atoms with van der Waals surface area (Å²) in [5.74, 6) is -0.823. The Labute approximate surface area is 334 Å². The predicted molar refractivity (Wildman–Crippen MR) is 222 cm³/mol. The summed E-state index contributed by atoms with van der Waals surface area (Å²) in [4.78, 5) is 37.4. The lowest BCUT2D eigenvalue weighted by Crippen LogP contribution is -2.37. The van der Waals surface area contributed by atoms with Crippen molar-refractivity contribution in [1.82, 2.24) is 0 Å². The summed E-state index contributed by atoms with van der Waals surface area (Å²) in [6, 6.07) is 0. The summed E-state index contributed by atoms with van der Waals surface area (Å²) in [6.45, 7) is 4.24. The maximum Gasteiger partial charge on any atom is 0.306 e. The van der Waals surface area contributed by atoms with Crippen LogP contribution < -0.4 is 4.89 Å². The zero-order chi connectivity index (χ0) is 40.0. The van der Waals surface area contributed by atoms with E-state index in [4.69, 9.17) is 18.5 Å². The SMILES string of the molecule is CCCCCCCCCCCCCCCCCCCCCCCC(=O)O[C@H](COC(=O)CCCCCCCCCCC)COP(=O)([O-])OCC[N+](C)(C)C. The van der Waals surface area contributed by atoms with Crippen LogP contribution in [0.2, 0.25) is 0 Å². The van der Waals surface area contributed by atoms with Crippen LogP contribution in [-0.2, 0) is 32.7 Å². The van der Waals surface area contributed by atoms with Gasteiger partial charge in [0.05, 0.1) is 27.7 Å². The van der Waals surface area contributed by atoms with Crippen LogP contribution >= 0.6 is 7.82 Å². The molecule has 0 amide bonds. The van der Waals surface area contributed by atoms with Crippen LogP contribution in [0.4, 0.5) is 0 Å². The molecule has 1 unspecified atom stereocenters. The standard InChI is InChI=1S/C44H88NO8P/c1-6-8-10-12-14-16-17-18-19-20-21-22-23-24-25-26-27-29-31-33-35-37-44(47)53-42(41-52-54(48,49)51-39-38-45(3,4)5)40-50-43(46)36-34-32-30-28-15-13-11-9-7-2/h42H,6-41H2,1-5H3/t42-/m1/s1. The third-order valence-electron chi connectivity index (χ3n) is 10.1. The summed E-state index contributed by atoms with van der Waals surface area (Å²) in [5, 5.41) is 0. The van der Waals surface area contributed by atoms with E-state index in [-0.39, 0.29) is 32.0 Å². The summed E-state index contributed by atoms with van der Waals surface area (Å²) in [7, 11) is 1.18. The smallest absolute Gasteiger partial charge is 0.306 e. The van der Waals surface area contributed by atoms with Gasteiger partial charge in [-0.3, -0.25) is 14.2 Å². The van der Waals surface area contributed by atoms with Gasteiger partial charge in [-0.2, -0.15) is 0 Å². The Hall–Kier alpha value is -0.990. The zero-order valence-corrected chi connectivity index (χ0v) is 37.1. The highest BCUT2D eigenvalue weighted by Gasteiger charge is 2.21. The number of hydrogen-bond donors (Lipinski definition) is 0. The van der Waals surface area contributed by atoms with Gasteiger partial charge < -0.3 is 27.9 Å². The van der Waals surface area contributed by atoms with Crippen LogP contribution in [0.15, 0.2) is 0 Å². The monoisotopic (exact) mass is 790 g/mol. The number of nitrogens with zero attached hydrogens (tertiary/aromatic N) is 1. The Bertz CT molecular complexity index is 896. The Balaban J connectivity index is 4.18. The first-order valence-electron chi connectivity index (χ1n) is 22.7. The normalized spacial score (nSPS) is 13.5. The number of carbonyl (C=O) groups excluding carboxylic acids is 2. The van der Waals surface area contributed by atoms with E-state index in [1.165, 1.54) is 154 Å². The van der Waals surface area contributed by atoms with Gasteiger partial charge in [-0.05, 0) is 12.8 Å². The van der Waals surface area contributed by atoms with E-state index in [1.807, 2.05) is 21.1 Å². The number of rotatable bonds is 42. The fourth-order valence-corrected chi connectivity index (χ4v) is 7.27. The number of hydrogen-bond acceptors (Lipinski definition) is 8. The molecule has 0 saturated carbocycles. The number of ether oxygens (including phenoxy) is 2. The first-order valence-corrected chi connectivity index (χ1v) is 24.2. The molecule has 10 heteroatoms. The van der Waals surface area contributed by atoms with Crippen LogP contribution in [0.25, 0.3) is 0 Å². The lowest BCUT2D eigenvalue weighted by molar-refractivity contribution is -0.870. The molecule has 0 heterocycles. The van der Waals surface area contributed by atoms with E-state index in [0.717, 1.165) is 32.1 Å². The van der Waals surface area contributed by atoms with Gasteiger partial charge in [0.15, 0.2) is 6.10 Å². The largest absolute Gasteiger partial charge is 0.756 e. The Morgan fingerprint density at radius 3 is 1.19 bits per heavy atom. The molecular formula is C44H88NO8P. The van der Waals surface area contributed by atoms with E-state index >= 15 is 0 Å². The predicted octanol–water partition coefficient (Wildman–Crippen LogP) is 12.2. The fraction of sp³-hybridized carbons (Fsp3) is 0.955. The van der Waals surface area contributed by atoms with Gasteiger partial charge in [0.25, 0.3) is 7.82 Å². The molecule has 322 valence electrons. The highest BCUT2D eigenvalue weighted by atomic mass is 31.2. The summed E-state index contributed by atoms with van der Waals surface area (Å²) < 4.78 is 33.9. The lowest BCUT2D eigenvalue weighted by Gasteiger charge is -2.28. The summed E-state index contributed by atoms with van der Waals surface area (Å²) in [6.07, 6.45) is 37.1. The topological polar surface area (TPSA) is 111 Å².